The van der Waals surface area contributed by atoms with Crippen molar-refractivity contribution in [2.24, 2.45) is 0 Å². The van der Waals surface area contributed by atoms with Gasteiger partial charge in [-0.05, 0) is 48.5 Å². The normalized spacial score (nSPS) is 17.3. The predicted octanol–water partition coefficient (Wildman–Crippen LogP) is 1.96. The first-order valence-corrected chi connectivity index (χ1v) is 10.1. The van der Waals surface area contributed by atoms with E-state index in [9.17, 15) is 18.4 Å². The third-order valence-corrected chi connectivity index (χ3v) is 5.70. The second kappa shape index (κ2) is 8.69. The fourth-order valence-electron chi connectivity index (χ4n) is 3.91. The molecule has 0 unspecified atom stereocenters. The highest BCUT2D eigenvalue weighted by Gasteiger charge is 2.31. The topological polar surface area (TPSA) is 47.1 Å². The minimum absolute atomic E-state index is 0.280. The van der Waals surface area contributed by atoms with Crippen molar-refractivity contribution in [3.8, 4) is 0 Å². The van der Waals surface area contributed by atoms with Crippen molar-refractivity contribution >= 4 is 23.2 Å². The van der Waals surface area contributed by atoms with Gasteiger partial charge < -0.3 is 19.6 Å². The van der Waals surface area contributed by atoms with Gasteiger partial charge in [0.2, 0.25) is 0 Å². The maximum atomic E-state index is 13.1. The fourth-order valence-corrected chi connectivity index (χ4v) is 3.91. The summed E-state index contributed by atoms with van der Waals surface area (Å²) in [5, 5.41) is 0. The molecule has 4 rings (SSSR count). The Morgan fingerprint density at radius 3 is 1.13 bits per heavy atom. The van der Waals surface area contributed by atoms with Crippen LogP contribution >= 0.6 is 0 Å². The maximum absolute atomic E-state index is 13.1. The Hall–Kier alpha value is -3.16. The Labute approximate surface area is 174 Å². The van der Waals surface area contributed by atoms with Gasteiger partial charge in [-0.25, -0.2) is 8.78 Å². The van der Waals surface area contributed by atoms with Crippen molar-refractivity contribution in [3.63, 3.8) is 0 Å². The van der Waals surface area contributed by atoms with Gasteiger partial charge >= 0.3 is 11.8 Å². The van der Waals surface area contributed by atoms with Crippen LogP contribution in [0.25, 0.3) is 0 Å². The molecule has 2 saturated heterocycles. The molecule has 2 aliphatic rings. The summed E-state index contributed by atoms with van der Waals surface area (Å²) in [6, 6.07) is 12.6. The summed E-state index contributed by atoms with van der Waals surface area (Å²) in [5.41, 5.74) is 1.82. The van der Waals surface area contributed by atoms with Crippen LogP contribution in [0.4, 0.5) is 20.2 Å². The van der Waals surface area contributed by atoms with Gasteiger partial charge in [-0.3, -0.25) is 9.59 Å². The van der Waals surface area contributed by atoms with E-state index in [1.165, 1.54) is 24.3 Å². The molecule has 2 aromatic rings. The van der Waals surface area contributed by atoms with E-state index >= 15 is 0 Å². The summed E-state index contributed by atoms with van der Waals surface area (Å²) in [6.45, 7) is 4.22. The van der Waals surface area contributed by atoms with E-state index in [1.54, 1.807) is 34.1 Å². The molecule has 0 N–H and O–H groups in total. The van der Waals surface area contributed by atoms with E-state index in [0.717, 1.165) is 11.4 Å². The zero-order valence-corrected chi connectivity index (χ0v) is 16.6. The van der Waals surface area contributed by atoms with E-state index in [4.69, 9.17) is 0 Å². The van der Waals surface area contributed by atoms with Gasteiger partial charge in [0.25, 0.3) is 0 Å². The number of carbonyl (C=O) groups is 2. The van der Waals surface area contributed by atoms with Gasteiger partial charge in [0.15, 0.2) is 0 Å². The lowest BCUT2D eigenvalue weighted by molar-refractivity contribution is -0.152. The molecule has 2 aromatic carbocycles. The van der Waals surface area contributed by atoms with Gasteiger partial charge in [0, 0.05) is 63.7 Å². The van der Waals surface area contributed by atoms with Crippen LogP contribution in [-0.2, 0) is 9.59 Å². The summed E-state index contributed by atoms with van der Waals surface area (Å²) in [5.74, 6) is -1.50. The number of nitrogens with zero attached hydrogens (tertiary/aromatic N) is 4. The van der Waals surface area contributed by atoms with Gasteiger partial charge in [0.05, 0.1) is 0 Å². The SMILES string of the molecule is O=C(C(=O)N1CCN(c2ccc(F)cc2)CC1)N1CCN(c2ccc(F)cc2)CC1. The van der Waals surface area contributed by atoms with Crippen LogP contribution in [0.5, 0.6) is 0 Å². The molecule has 2 heterocycles. The van der Waals surface area contributed by atoms with Crippen molar-refractivity contribution in [2.45, 2.75) is 0 Å². The number of amides is 2. The van der Waals surface area contributed by atoms with Crippen molar-refractivity contribution in [2.75, 3.05) is 62.2 Å². The maximum Gasteiger partial charge on any atom is 0.312 e. The molecule has 2 fully saturated rings. The monoisotopic (exact) mass is 414 g/mol. The molecule has 0 aromatic heterocycles. The number of halogens is 2. The third kappa shape index (κ3) is 4.37. The van der Waals surface area contributed by atoms with Gasteiger partial charge in [-0.1, -0.05) is 0 Å². The number of hydrogen-bond donors (Lipinski definition) is 0. The average molecular weight is 414 g/mol. The van der Waals surface area contributed by atoms with Crippen LogP contribution in [0.3, 0.4) is 0 Å². The van der Waals surface area contributed by atoms with Gasteiger partial charge in [0.1, 0.15) is 11.6 Å². The van der Waals surface area contributed by atoms with E-state index < -0.39 is 11.8 Å². The lowest BCUT2D eigenvalue weighted by Crippen LogP contribution is -2.56. The molecule has 2 amide bonds. The molecule has 0 spiro atoms. The molecule has 0 saturated carbocycles. The largest absolute Gasteiger partial charge is 0.368 e. The van der Waals surface area contributed by atoms with E-state index in [2.05, 4.69) is 9.80 Å². The first-order chi connectivity index (χ1) is 14.5. The average Bonchev–Trinajstić information content (AvgIpc) is 2.79. The van der Waals surface area contributed by atoms with Crippen LogP contribution in [0.1, 0.15) is 0 Å². The minimum atomic E-state index is -0.469. The Kier molecular flexibility index (Phi) is 5.83. The summed E-state index contributed by atoms with van der Waals surface area (Å²) >= 11 is 0. The summed E-state index contributed by atoms with van der Waals surface area (Å²) in [7, 11) is 0. The number of hydrogen-bond acceptors (Lipinski definition) is 4. The second-order valence-corrected chi connectivity index (χ2v) is 7.51. The molecule has 2 aliphatic heterocycles. The molecular weight excluding hydrogens is 390 g/mol. The van der Waals surface area contributed by atoms with Crippen molar-refractivity contribution in [3.05, 3.63) is 60.2 Å². The molecule has 0 radical (unpaired) electrons. The number of piperazine rings is 2. The highest BCUT2D eigenvalue weighted by atomic mass is 19.1. The van der Waals surface area contributed by atoms with E-state index in [-0.39, 0.29) is 11.6 Å². The summed E-state index contributed by atoms with van der Waals surface area (Å²) in [6.07, 6.45) is 0. The summed E-state index contributed by atoms with van der Waals surface area (Å²) in [4.78, 5) is 32.7. The van der Waals surface area contributed by atoms with Crippen LogP contribution in [0.15, 0.2) is 48.5 Å². The van der Waals surface area contributed by atoms with E-state index in [1.807, 2.05) is 0 Å². The third-order valence-electron chi connectivity index (χ3n) is 5.70. The zero-order valence-electron chi connectivity index (χ0n) is 16.6. The highest BCUT2D eigenvalue weighted by molar-refractivity contribution is 6.35. The number of rotatable bonds is 2. The Morgan fingerprint density at radius 2 is 0.833 bits per heavy atom. The van der Waals surface area contributed by atoms with Gasteiger partial charge in [-0.15, -0.1) is 0 Å². The van der Waals surface area contributed by atoms with Crippen LogP contribution in [0, 0.1) is 11.6 Å². The highest BCUT2D eigenvalue weighted by Crippen LogP contribution is 2.19. The Bertz CT molecular complexity index is 813. The number of benzene rings is 2. The number of carbonyl (C=O) groups excluding carboxylic acids is 2. The van der Waals surface area contributed by atoms with Crippen molar-refractivity contribution in [1.82, 2.24) is 9.80 Å². The smallest absolute Gasteiger partial charge is 0.312 e. The molecule has 8 heteroatoms. The second-order valence-electron chi connectivity index (χ2n) is 7.51. The first-order valence-electron chi connectivity index (χ1n) is 10.1. The Balaban J connectivity index is 1.28. The van der Waals surface area contributed by atoms with Crippen molar-refractivity contribution in [1.29, 1.82) is 0 Å². The Morgan fingerprint density at radius 1 is 0.533 bits per heavy atom. The first kappa shape index (κ1) is 20.1. The van der Waals surface area contributed by atoms with E-state index in [0.29, 0.717) is 52.4 Å². The molecule has 6 nitrogen and oxygen atoms in total. The molecule has 0 aliphatic carbocycles. The molecule has 158 valence electrons. The van der Waals surface area contributed by atoms with Crippen LogP contribution < -0.4 is 9.80 Å². The van der Waals surface area contributed by atoms with Crippen molar-refractivity contribution < 1.29 is 18.4 Å². The minimum Gasteiger partial charge on any atom is -0.368 e. The predicted molar refractivity (Wildman–Crippen MR) is 110 cm³/mol. The molecule has 0 atom stereocenters. The molecule has 0 bridgehead atoms. The summed E-state index contributed by atoms with van der Waals surface area (Å²) < 4.78 is 26.2. The van der Waals surface area contributed by atoms with Crippen LogP contribution in [-0.4, -0.2) is 74.0 Å². The lowest BCUT2D eigenvalue weighted by Gasteiger charge is -2.38. The quantitative estimate of drug-likeness (QED) is 0.705. The standard InChI is InChI=1S/C22H24F2N4O2/c23-17-1-5-19(6-2-17)25-9-13-27(14-10-25)21(29)22(30)28-15-11-26(12-16-28)20-7-3-18(24)4-8-20/h1-8H,9-16H2. The molecular formula is C22H24F2N4O2. The lowest BCUT2D eigenvalue weighted by atomic mass is 10.2. The van der Waals surface area contributed by atoms with Gasteiger partial charge in [-0.2, -0.15) is 0 Å². The fraction of sp³-hybridized carbons (Fsp3) is 0.364. The molecule has 30 heavy (non-hydrogen) atoms. The zero-order chi connectivity index (χ0) is 21.1. The number of anilines is 2. The van der Waals surface area contributed by atoms with Crippen LogP contribution in [0.2, 0.25) is 0 Å².